The average Bonchev–Trinajstić information content (AvgIpc) is 1.98. The zero-order chi connectivity index (χ0) is 7.82. The van der Waals surface area contributed by atoms with Crippen LogP contribution in [0.5, 0.6) is 0 Å². The molecule has 0 fully saturated rings. The third kappa shape index (κ3) is 5.60. The van der Waals surface area contributed by atoms with E-state index in [0.717, 1.165) is 12.8 Å². The Morgan fingerprint density at radius 2 is 2.20 bits per heavy atom. The number of carbonyl (C=O) groups excluding carboxylic acids is 1. The molecule has 0 saturated heterocycles. The van der Waals surface area contributed by atoms with E-state index in [2.05, 4.69) is 12.2 Å². The van der Waals surface area contributed by atoms with Crippen LogP contribution in [-0.4, -0.2) is 5.91 Å². The molecule has 59 valence electrons. The molecular weight excluding hydrogens is 126 g/mol. The third-order valence-electron chi connectivity index (χ3n) is 1.29. The number of hydrogen-bond donors (Lipinski definition) is 1. The standard InChI is InChI=1S/C8H16NO/c1-3-5-6-7-9-8(10)4-2/h7H,3-6H2,1-2H3,(H,9,10). The Kier molecular flexibility index (Phi) is 6.24. The topological polar surface area (TPSA) is 29.1 Å². The predicted octanol–water partition coefficient (Wildman–Crippen LogP) is 1.86. The summed E-state index contributed by atoms with van der Waals surface area (Å²) in [5.41, 5.74) is 0. The molecule has 0 rings (SSSR count). The van der Waals surface area contributed by atoms with E-state index in [9.17, 15) is 4.79 Å². The lowest BCUT2D eigenvalue weighted by Gasteiger charge is -1.99. The molecule has 1 N–H and O–H groups in total. The van der Waals surface area contributed by atoms with Crippen molar-refractivity contribution in [2.45, 2.75) is 39.5 Å². The summed E-state index contributed by atoms with van der Waals surface area (Å²) in [6.45, 7) is 5.83. The van der Waals surface area contributed by atoms with Crippen molar-refractivity contribution in [2.75, 3.05) is 0 Å². The summed E-state index contributed by atoms with van der Waals surface area (Å²) in [6.07, 6.45) is 3.90. The second kappa shape index (κ2) is 6.59. The lowest BCUT2D eigenvalue weighted by molar-refractivity contribution is -0.120. The molecule has 1 amide bonds. The van der Waals surface area contributed by atoms with E-state index in [1.807, 2.05) is 13.5 Å². The van der Waals surface area contributed by atoms with Crippen molar-refractivity contribution in [1.29, 1.82) is 0 Å². The van der Waals surface area contributed by atoms with E-state index in [-0.39, 0.29) is 5.91 Å². The summed E-state index contributed by atoms with van der Waals surface area (Å²) < 4.78 is 0. The summed E-state index contributed by atoms with van der Waals surface area (Å²) in [4.78, 5) is 10.6. The number of amides is 1. The minimum atomic E-state index is 0.108. The van der Waals surface area contributed by atoms with Crippen molar-refractivity contribution in [1.82, 2.24) is 5.32 Å². The molecular formula is C8H16NO. The van der Waals surface area contributed by atoms with E-state index in [1.54, 1.807) is 0 Å². The fraction of sp³-hybridized carbons (Fsp3) is 0.750. The highest BCUT2D eigenvalue weighted by Crippen LogP contribution is 1.94. The van der Waals surface area contributed by atoms with Gasteiger partial charge in [-0.25, -0.2) is 0 Å². The lowest BCUT2D eigenvalue weighted by Crippen LogP contribution is -2.18. The second-order valence-electron chi connectivity index (χ2n) is 2.27. The van der Waals surface area contributed by atoms with Gasteiger partial charge in [-0.15, -0.1) is 0 Å². The summed E-state index contributed by atoms with van der Waals surface area (Å²) in [5.74, 6) is 0.108. The molecule has 10 heavy (non-hydrogen) atoms. The van der Waals surface area contributed by atoms with Crippen molar-refractivity contribution in [3.8, 4) is 0 Å². The van der Waals surface area contributed by atoms with Crippen LogP contribution in [-0.2, 0) is 4.79 Å². The van der Waals surface area contributed by atoms with E-state index in [1.165, 1.54) is 6.42 Å². The number of nitrogens with one attached hydrogen (secondary N) is 1. The maximum Gasteiger partial charge on any atom is 0.220 e. The number of carbonyl (C=O) groups is 1. The minimum absolute atomic E-state index is 0.108. The van der Waals surface area contributed by atoms with Crippen molar-refractivity contribution >= 4 is 5.91 Å². The monoisotopic (exact) mass is 142 g/mol. The Balaban J connectivity index is 2.96. The van der Waals surface area contributed by atoms with Gasteiger partial charge in [0, 0.05) is 13.0 Å². The van der Waals surface area contributed by atoms with Gasteiger partial charge < -0.3 is 5.32 Å². The van der Waals surface area contributed by atoms with Gasteiger partial charge in [0.25, 0.3) is 0 Å². The zero-order valence-electron chi connectivity index (χ0n) is 6.81. The van der Waals surface area contributed by atoms with Crippen LogP contribution < -0.4 is 5.32 Å². The minimum Gasteiger partial charge on any atom is -0.351 e. The highest BCUT2D eigenvalue weighted by atomic mass is 16.1. The molecule has 0 heterocycles. The lowest BCUT2D eigenvalue weighted by atomic mass is 10.2. The maximum absolute atomic E-state index is 10.6. The van der Waals surface area contributed by atoms with E-state index in [4.69, 9.17) is 0 Å². The summed E-state index contributed by atoms with van der Waals surface area (Å²) in [7, 11) is 0. The zero-order valence-corrected chi connectivity index (χ0v) is 6.81. The first kappa shape index (κ1) is 9.47. The highest BCUT2D eigenvalue weighted by molar-refractivity contribution is 5.76. The SMILES string of the molecule is CCCC[CH]NC(=O)CC. The van der Waals surface area contributed by atoms with Crippen molar-refractivity contribution < 1.29 is 4.79 Å². The summed E-state index contributed by atoms with van der Waals surface area (Å²) in [5, 5.41) is 2.70. The fourth-order valence-corrected chi connectivity index (χ4v) is 0.594. The van der Waals surface area contributed by atoms with Crippen LogP contribution >= 0.6 is 0 Å². The van der Waals surface area contributed by atoms with Crippen LogP contribution in [0.1, 0.15) is 39.5 Å². The Bertz CT molecular complexity index is 91.3. The van der Waals surface area contributed by atoms with Gasteiger partial charge in [0.2, 0.25) is 5.91 Å². The van der Waals surface area contributed by atoms with Crippen LogP contribution in [0.15, 0.2) is 0 Å². The molecule has 0 atom stereocenters. The smallest absolute Gasteiger partial charge is 0.220 e. The second-order valence-corrected chi connectivity index (χ2v) is 2.27. The van der Waals surface area contributed by atoms with Gasteiger partial charge in [0.15, 0.2) is 0 Å². The van der Waals surface area contributed by atoms with Crippen molar-refractivity contribution in [3.63, 3.8) is 0 Å². The summed E-state index contributed by atoms with van der Waals surface area (Å²) in [6, 6.07) is 0. The van der Waals surface area contributed by atoms with Crippen molar-refractivity contribution in [3.05, 3.63) is 6.54 Å². The predicted molar refractivity (Wildman–Crippen MR) is 42.3 cm³/mol. The van der Waals surface area contributed by atoms with Gasteiger partial charge in [-0.3, -0.25) is 4.79 Å². The Labute approximate surface area is 63.0 Å². The maximum atomic E-state index is 10.6. The third-order valence-corrected chi connectivity index (χ3v) is 1.29. The van der Waals surface area contributed by atoms with Gasteiger partial charge in [-0.05, 0) is 6.42 Å². The molecule has 0 aromatic carbocycles. The van der Waals surface area contributed by atoms with Gasteiger partial charge in [0.1, 0.15) is 0 Å². The Morgan fingerprint density at radius 1 is 1.50 bits per heavy atom. The molecule has 2 nitrogen and oxygen atoms in total. The number of hydrogen-bond acceptors (Lipinski definition) is 1. The largest absolute Gasteiger partial charge is 0.351 e. The molecule has 0 saturated carbocycles. The average molecular weight is 142 g/mol. The molecule has 0 spiro atoms. The van der Waals surface area contributed by atoms with Crippen LogP contribution in [0, 0.1) is 6.54 Å². The quantitative estimate of drug-likeness (QED) is 0.583. The van der Waals surface area contributed by atoms with E-state index < -0.39 is 0 Å². The summed E-state index contributed by atoms with van der Waals surface area (Å²) >= 11 is 0. The molecule has 0 unspecified atom stereocenters. The molecule has 0 aliphatic rings. The molecule has 0 bridgehead atoms. The van der Waals surface area contributed by atoms with E-state index >= 15 is 0 Å². The molecule has 0 aliphatic heterocycles. The van der Waals surface area contributed by atoms with Crippen molar-refractivity contribution in [2.24, 2.45) is 0 Å². The van der Waals surface area contributed by atoms with E-state index in [0.29, 0.717) is 6.42 Å². The first-order chi connectivity index (χ1) is 4.81. The fourth-order valence-electron chi connectivity index (χ4n) is 0.594. The van der Waals surface area contributed by atoms with Gasteiger partial charge in [-0.1, -0.05) is 26.7 Å². The van der Waals surface area contributed by atoms with Crippen LogP contribution in [0.25, 0.3) is 0 Å². The first-order valence-corrected chi connectivity index (χ1v) is 3.92. The first-order valence-electron chi connectivity index (χ1n) is 3.92. The van der Waals surface area contributed by atoms with Gasteiger partial charge in [0.05, 0.1) is 0 Å². The van der Waals surface area contributed by atoms with Gasteiger partial charge >= 0.3 is 0 Å². The molecule has 1 radical (unpaired) electrons. The number of unbranched alkanes of at least 4 members (excludes halogenated alkanes) is 2. The molecule has 0 aliphatic carbocycles. The van der Waals surface area contributed by atoms with Gasteiger partial charge in [-0.2, -0.15) is 0 Å². The molecule has 0 aromatic rings. The Hall–Kier alpha value is -0.530. The van der Waals surface area contributed by atoms with Crippen LogP contribution in [0.3, 0.4) is 0 Å². The van der Waals surface area contributed by atoms with Crippen LogP contribution in [0.2, 0.25) is 0 Å². The highest BCUT2D eigenvalue weighted by Gasteiger charge is 1.93. The molecule has 2 heteroatoms. The van der Waals surface area contributed by atoms with Crippen LogP contribution in [0.4, 0.5) is 0 Å². The normalized spacial score (nSPS) is 9.40. The molecule has 0 aromatic heterocycles. The number of rotatable bonds is 5. The Morgan fingerprint density at radius 3 is 2.70 bits per heavy atom.